The van der Waals surface area contributed by atoms with Crippen LogP contribution in [0.25, 0.3) is 0 Å². The number of carbonyl (C=O) groups is 1. The molecule has 0 aliphatic heterocycles. The summed E-state index contributed by atoms with van der Waals surface area (Å²) in [7, 11) is 0. The SMILES string of the molecule is CCCCCC(=O)NCCOCCOCCNC(C)(C)C. The lowest BCUT2D eigenvalue weighted by atomic mass is 10.1. The van der Waals surface area contributed by atoms with Gasteiger partial charge >= 0.3 is 0 Å². The zero-order chi connectivity index (χ0) is 16.0. The van der Waals surface area contributed by atoms with Crippen molar-refractivity contribution in [3.8, 4) is 0 Å². The van der Waals surface area contributed by atoms with Crippen molar-refractivity contribution in [2.24, 2.45) is 0 Å². The largest absolute Gasteiger partial charge is 0.378 e. The summed E-state index contributed by atoms with van der Waals surface area (Å²) in [6.07, 6.45) is 3.85. The van der Waals surface area contributed by atoms with Gasteiger partial charge in [-0.1, -0.05) is 19.8 Å². The van der Waals surface area contributed by atoms with E-state index in [-0.39, 0.29) is 11.4 Å². The summed E-state index contributed by atoms with van der Waals surface area (Å²) in [6.45, 7) is 12.3. The second-order valence-corrected chi connectivity index (χ2v) is 6.21. The summed E-state index contributed by atoms with van der Waals surface area (Å²) in [5, 5.41) is 6.21. The number of hydrogen-bond acceptors (Lipinski definition) is 4. The summed E-state index contributed by atoms with van der Waals surface area (Å²) in [5.41, 5.74) is 0.134. The van der Waals surface area contributed by atoms with Gasteiger partial charge in [0.1, 0.15) is 0 Å². The number of rotatable bonds is 13. The van der Waals surface area contributed by atoms with Gasteiger partial charge in [0.05, 0.1) is 26.4 Å². The van der Waals surface area contributed by atoms with Gasteiger partial charge in [-0.3, -0.25) is 4.79 Å². The highest BCUT2D eigenvalue weighted by atomic mass is 16.5. The Bertz CT molecular complexity index is 252. The lowest BCUT2D eigenvalue weighted by molar-refractivity contribution is -0.121. The third-order valence-electron chi connectivity index (χ3n) is 2.85. The summed E-state index contributed by atoms with van der Waals surface area (Å²) >= 11 is 0. The van der Waals surface area contributed by atoms with Crippen molar-refractivity contribution in [2.45, 2.75) is 58.9 Å². The van der Waals surface area contributed by atoms with E-state index in [9.17, 15) is 4.79 Å². The number of nitrogens with one attached hydrogen (secondary N) is 2. The predicted octanol–water partition coefficient (Wildman–Crippen LogP) is 2.10. The fraction of sp³-hybridized carbons (Fsp3) is 0.938. The van der Waals surface area contributed by atoms with Gasteiger partial charge in [0.2, 0.25) is 5.91 Å². The van der Waals surface area contributed by atoms with Crippen molar-refractivity contribution in [2.75, 3.05) is 39.5 Å². The van der Waals surface area contributed by atoms with Crippen LogP contribution in [0.5, 0.6) is 0 Å². The molecule has 0 spiro atoms. The Balaban J connectivity index is 3.17. The van der Waals surface area contributed by atoms with Gasteiger partial charge in [-0.25, -0.2) is 0 Å². The molecule has 0 aromatic carbocycles. The highest BCUT2D eigenvalue weighted by molar-refractivity contribution is 5.75. The molecule has 1 amide bonds. The maximum Gasteiger partial charge on any atom is 0.220 e. The molecule has 2 N–H and O–H groups in total. The van der Waals surface area contributed by atoms with Gasteiger partial charge < -0.3 is 20.1 Å². The van der Waals surface area contributed by atoms with E-state index in [0.717, 1.165) is 25.8 Å². The Morgan fingerprint density at radius 2 is 1.57 bits per heavy atom. The van der Waals surface area contributed by atoms with E-state index in [0.29, 0.717) is 39.4 Å². The smallest absolute Gasteiger partial charge is 0.220 e. The molecule has 0 aliphatic carbocycles. The van der Waals surface area contributed by atoms with Crippen LogP contribution in [0.2, 0.25) is 0 Å². The Morgan fingerprint density at radius 3 is 2.14 bits per heavy atom. The molecule has 0 saturated carbocycles. The molecule has 0 aromatic rings. The van der Waals surface area contributed by atoms with Gasteiger partial charge in [-0.05, 0) is 27.2 Å². The minimum atomic E-state index is 0.122. The number of amides is 1. The second kappa shape index (κ2) is 13.0. The number of carbonyl (C=O) groups excluding carboxylic acids is 1. The quantitative estimate of drug-likeness (QED) is 0.512. The van der Waals surface area contributed by atoms with Crippen molar-refractivity contribution in [1.29, 1.82) is 0 Å². The van der Waals surface area contributed by atoms with Gasteiger partial charge in [-0.15, -0.1) is 0 Å². The molecule has 0 atom stereocenters. The average molecular weight is 302 g/mol. The molecule has 126 valence electrons. The maximum atomic E-state index is 11.4. The van der Waals surface area contributed by atoms with E-state index in [1.165, 1.54) is 0 Å². The normalized spacial score (nSPS) is 11.6. The molecule has 0 saturated heterocycles. The Hall–Kier alpha value is -0.650. The first-order valence-corrected chi connectivity index (χ1v) is 8.13. The molecule has 5 nitrogen and oxygen atoms in total. The lowest BCUT2D eigenvalue weighted by Crippen LogP contribution is -2.38. The van der Waals surface area contributed by atoms with Crippen LogP contribution in [0, 0.1) is 0 Å². The molecule has 0 bridgehead atoms. The third-order valence-corrected chi connectivity index (χ3v) is 2.85. The van der Waals surface area contributed by atoms with Crippen LogP contribution in [0.1, 0.15) is 53.4 Å². The van der Waals surface area contributed by atoms with Crippen LogP contribution >= 0.6 is 0 Å². The van der Waals surface area contributed by atoms with Crippen molar-refractivity contribution in [1.82, 2.24) is 10.6 Å². The van der Waals surface area contributed by atoms with Gasteiger partial charge in [0.25, 0.3) is 0 Å². The predicted molar refractivity (Wildman–Crippen MR) is 86.5 cm³/mol. The highest BCUT2D eigenvalue weighted by Crippen LogP contribution is 1.98. The molecule has 0 aromatic heterocycles. The van der Waals surface area contributed by atoms with E-state index in [2.05, 4.69) is 38.3 Å². The molecular weight excluding hydrogens is 268 g/mol. The first-order chi connectivity index (χ1) is 9.95. The van der Waals surface area contributed by atoms with Crippen LogP contribution in [0.15, 0.2) is 0 Å². The average Bonchev–Trinajstić information content (AvgIpc) is 2.40. The van der Waals surface area contributed by atoms with Gasteiger partial charge in [0.15, 0.2) is 0 Å². The monoisotopic (exact) mass is 302 g/mol. The zero-order valence-corrected chi connectivity index (χ0v) is 14.3. The van der Waals surface area contributed by atoms with E-state index >= 15 is 0 Å². The lowest BCUT2D eigenvalue weighted by Gasteiger charge is -2.20. The van der Waals surface area contributed by atoms with Crippen LogP contribution in [-0.2, 0) is 14.3 Å². The summed E-state index contributed by atoms with van der Waals surface area (Å²) in [6, 6.07) is 0. The van der Waals surface area contributed by atoms with Crippen LogP contribution in [0.4, 0.5) is 0 Å². The number of ether oxygens (including phenoxy) is 2. The van der Waals surface area contributed by atoms with Crippen molar-refractivity contribution < 1.29 is 14.3 Å². The van der Waals surface area contributed by atoms with E-state index < -0.39 is 0 Å². The Morgan fingerprint density at radius 1 is 0.952 bits per heavy atom. The standard InChI is InChI=1S/C16H34N2O3/c1-5-6-7-8-15(19)17-9-11-20-13-14-21-12-10-18-16(2,3)4/h18H,5-14H2,1-4H3,(H,17,19). The minimum Gasteiger partial charge on any atom is -0.378 e. The van der Waals surface area contributed by atoms with Crippen molar-refractivity contribution in [3.05, 3.63) is 0 Å². The minimum absolute atomic E-state index is 0.122. The molecule has 0 heterocycles. The van der Waals surface area contributed by atoms with Crippen LogP contribution in [-0.4, -0.2) is 51.0 Å². The van der Waals surface area contributed by atoms with Gasteiger partial charge in [0, 0.05) is 25.0 Å². The van der Waals surface area contributed by atoms with E-state index in [4.69, 9.17) is 9.47 Å². The topological polar surface area (TPSA) is 59.6 Å². The number of hydrogen-bond donors (Lipinski definition) is 2. The fourth-order valence-corrected chi connectivity index (χ4v) is 1.71. The zero-order valence-electron chi connectivity index (χ0n) is 14.3. The second-order valence-electron chi connectivity index (χ2n) is 6.21. The van der Waals surface area contributed by atoms with Crippen LogP contribution < -0.4 is 10.6 Å². The van der Waals surface area contributed by atoms with E-state index in [1.54, 1.807) is 0 Å². The molecule has 0 rings (SSSR count). The first kappa shape index (κ1) is 20.3. The van der Waals surface area contributed by atoms with Crippen molar-refractivity contribution in [3.63, 3.8) is 0 Å². The highest BCUT2D eigenvalue weighted by Gasteiger charge is 2.06. The molecule has 5 heteroatoms. The third kappa shape index (κ3) is 17.3. The van der Waals surface area contributed by atoms with Crippen molar-refractivity contribution >= 4 is 5.91 Å². The summed E-state index contributed by atoms with van der Waals surface area (Å²) in [5.74, 6) is 0.122. The molecular formula is C16H34N2O3. The summed E-state index contributed by atoms with van der Waals surface area (Å²) in [4.78, 5) is 11.4. The summed E-state index contributed by atoms with van der Waals surface area (Å²) < 4.78 is 10.8. The van der Waals surface area contributed by atoms with Gasteiger partial charge in [-0.2, -0.15) is 0 Å². The Labute approximate surface area is 130 Å². The molecule has 0 unspecified atom stereocenters. The maximum absolute atomic E-state index is 11.4. The first-order valence-electron chi connectivity index (χ1n) is 8.13. The van der Waals surface area contributed by atoms with E-state index in [1.807, 2.05) is 0 Å². The fourth-order valence-electron chi connectivity index (χ4n) is 1.71. The number of unbranched alkanes of at least 4 members (excludes halogenated alkanes) is 2. The molecule has 0 radical (unpaired) electrons. The Kier molecular flexibility index (Phi) is 12.6. The van der Waals surface area contributed by atoms with Crippen LogP contribution in [0.3, 0.4) is 0 Å². The molecule has 0 fully saturated rings. The molecule has 0 aliphatic rings. The molecule has 21 heavy (non-hydrogen) atoms.